The van der Waals surface area contributed by atoms with Crippen LogP contribution in [0, 0.1) is 5.92 Å². The zero-order valence-electron chi connectivity index (χ0n) is 14.8. The molecule has 3 aromatic rings. The van der Waals surface area contributed by atoms with Gasteiger partial charge in [0, 0.05) is 13.5 Å². The number of hydrogen-bond donors (Lipinski definition) is 0. The van der Waals surface area contributed by atoms with Crippen molar-refractivity contribution in [3.63, 3.8) is 0 Å². The first kappa shape index (κ1) is 17.6. The SMILES string of the molecule is CC(CCc1ccccc1)CC(=O)N(C)Cc1nc2ccccc2s1. The molecule has 0 aliphatic carbocycles. The maximum absolute atomic E-state index is 12.5. The third kappa shape index (κ3) is 4.89. The van der Waals surface area contributed by atoms with Gasteiger partial charge in [0.2, 0.25) is 5.91 Å². The van der Waals surface area contributed by atoms with E-state index in [1.807, 2.05) is 31.3 Å². The van der Waals surface area contributed by atoms with Gasteiger partial charge in [-0.05, 0) is 36.5 Å². The summed E-state index contributed by atoms with van der Waals surface area (Å²) in [4.78, 5) is 18.9. The van der Waals surface area contributed by atoms with E-state index >= 15 is 0 Å². The van der Waals surface area contributed by atoms with Crippen molar-refractivity contribution in [2.24, 2.45) is 5.92 Å². The summed E-state index contributed by atoms with van der Waals surface area (Å²) < 4.78 is 1.18. The number of aryl methyl sites for hydroxylation is 1. The van der Waals surface area contributed by atoms with Crippen molar-refractivity contribution in [2.75, 3.05) is 7.05 Å². The molecule has 0 aliphatic rings. The second-order valence-corrected chi connectivity index (χ2v) is 7.77. The Morgan fingerprint density at radius 2 is 1.84 bits per heavy atom. The molecule has 130 valence electrons. The lowest BCUT2D eigenvalue weighted by Gasteiger charge is -2.18. The van der Waals surface area contributed by atoms with Crippen molar-refractivity contribution < 1.29 is 4.79 Å². The third-order valence-electron chi connectivity index (χ3n) is 4.43. The molecule has 1 aromatic heterocycles. The number of amides is 1. The molecule has 0 aliphatic heterocycles. The quantitative estimate of drug-likeness (QED) is 0.605. The van der Waals surface area contributed by atoms with E-state index < -0.39 is 0 Å². The molecule has 0 saturated carbocycles. The molecule has 0 radical (unpaired) electrons. The molecule has 1 amide bonds. The summed E-state index contributed by atoms with van der Waals surface area (Å²) in [6, 6.07) is 18.6. The van der Waals surface area contributed by atoms with Crippen LogP contribution in [0.5, 0.6) is 0 Å². The summed E-state index contributed by atoms with van der Waals surface area (Å²) in [5.41, 5.74) is 2.35. The van der Waals surface area contributed by atoms with E-state index in [0.29, 0.717) is 18.9 Å². The van der Waals surface area contributed by atoms with Crippen LogP contribution in [-0.2, 0) is 17.8 Å². The third-order valence-corrected chi connectivity index (χ3v) is 5.45. The lowest BCUT2D eigenvalue weighted by Crippen LogP contribution is -2.27. The van der Waals surface area contributed by atoms with Crippen LogP contribution in [-0.4, -0.2) is 22.8 Å². The molecule has 1 heterocycles. The average Bonchev–Trinajstić information content (AvgIpc) is 3.03. The minimum absolute atomic E-state index is 0.194. The van der Waals surface area contributed by atoms with Crippen LogP contribution in [0.25, 0.3) is 10.2 Å². The molecule has 25 heavy (non-hydrogen) atoms. The van der Waals surface area contributed by atoms with E-state index in [4.69, 9.17) is 0 Å². The van der Waals surface area contributed by atoms with E-state index in [-0.39, 0.29) is 5.91 Å². The van der Waals surface area contributed by atoms with Crippen LogP contribution in [0.4, 0.5) is 0 Å². The molecule has 3 nitrogen and oxygen atoms in total. The molecule has 3 rings (SSSR count). The number of benzene rings is 2. The molecular weight excluding hydrogens is 328 g/mol. The molecule has 2 aromatic carbocycles. The zero-order chi connectivity index (χ0) is 17.6. The van der Waals surface area contributed by atoms with E-state index in [9.17, 15) is 4.79 Å². The average molecular weight is 353 g/mol. The smallest absolute Gasteiger partial charge is 0.222 e. The second-order valence-electron chi connectivity index (χ2n) is 6.66. The Labute approximate surface area is 153 Å². The Morgan fingerprint density at radius 3 is 2.60 bits per heavy atom. The van der Waals surface area contributed by atoms with Crippen LogP contribution in [0.1, 0.15) is 30.3 Å². The standard InChI is InChI=1S/C21H24N2OS/c1-16(12-13-17-8-4-3-5-9-17)14-21(24)23(2)15-20-22-18-10-6-7-11-19(18)25-20/h3-11,16H,12-15H2,1-2H3. The molecule has 0 bridgehead atoms. The lowest BCUT2D eigenvalue weighted by atomic mass is 9.98. The number of hydrogen-bond acceptors (Lipinski definition) is 3. The number of fused-ring (bicyclic) bond motifs is 1. The normalized spacial score (nSPS) is 12.2. The monoisotopic (exact) mass is 352 g/mol. The highest BCUT2D eigenvalue weighted by Crippen LogP contribution is 2.23. The van der Waals surface area contributed by atoms with Crippen LogP contribution in [0.3, 0.4) is 0 Å². The largest absolute Gasteiger partial charge is 0.339 e. The van der Waals surface area contributed by atoms with E-state index in [1.54, 1.807) is 16.2 Å². The Bertz CT molecular complexity index is 795. The molecule has 0 spiro atoms. The minimum Gasteiger partial charge on any atom is -0.339 e. The second kappa shape index (κ2) is 8.26. The fourth-order valence-electron chi connectivity index (χ4n) is 2.89. The van der Waals surface area contributed by atoms with Crippen molar-refractivity contribution >= 4 is 27.5 Å². The van der Waals surface area contributed by atoms with Gasteiger partial charge in [0.25, 0.3) is 0 Å². The fraction of sp³-hybridized carbons (Fsp3) is 0.333. The first-order valence-corrected chi connectivity index (χ1v) is 9.56. The van der Waals surface area contributed by atoms with Gasteiger partial charge in [0.15, 0.2) is 0 Å². The van der Waals surface area contributed by atoms with Gasteiger partial charge in [0.1, 0.15) is 5.01 Å². The summed E-state index contributed by atoms with van der Waals surface area (Å²) >= 11 is 1.66. The Hall–Kier alpha value is -2.20. The topological polar surface area (TPSA) is 33.2 Å². The van der Waals surface area contributed by atoms with Gasteiger partial charge in [-0.1, -0.05) is 49.4 Å². The molecule has 0 fully saturated rings. The zero-order valence-corrected chi connectivity index (χ0v) is 15.6. The molecule has 0 N–H and O–H groups in total. The van der Waals surface area contributed by atoms with Crippen LogP contribution in [0.2, 0.25) is 0 Å². The molecule has 4 heteroatoms. The summed E-state index contributed by atoms with van der Waals surface area (Å²) in [5.74, 6) is 0.574. The summed E-state index contributed by atoms with van der Waals surface area (Å²) in [6.45, 7) is 2.75. The minimum atomic E-state index is 0.194. The van der Waals surface area contributed by atoms with Crippen molar-refractivity contribution in [1.82, 2.24) is 9.88 Å². The molecule has 1 unspecified atom stereocenters. The number of aromatic nitrogens is 1. The van der Waals surface area contributed by atoms with Crippen LogP contribution in [0.15, 0.2) is 54.6 Å². The summed E-state index contributed by atoms with van der Waals surface area (Å²) in [5, 5.41) is 0.994. The predicted molar refractivity (Wildman–Crippen MR) is 105 cm³/mol. The summed E-state index contributed by atoms with van der Waals surface area (Å²) in [6.07, 6.45) is 2.65. The van der Waals surface area contributed by atoms with Crippen molar-refractivity contribution in [2.45, 2.75) is 32.7 Å². The van der Waals surface area contributed by atoms with Gasteiger partial charge in [-0.3, -0.25) is 4.79 Å². The van der Waals surface area contributed by atoms with Crippen LogP contribution < -0.4 is 0 Å². The number of carbonyl (C=O) groups is 1. The highest BCUT2D eigenvalue weighted by Gasteiger charge is 2.15. The van der Waals surface area contributed by atoms with E-state index in [0.717, 1.165) is 23.4 Å². The first-order valence-electron chi connectivity index (χ1n) is 8.74. The van der Waals surface area contributed by atoms with Crippen LogP contribution >= 0.6 is 11.3 Å². The number of nitrogens with zero attached hydrogens (tertiary/aromatic N) is 2. The van der Waals surface area contributed by atoms with Gasteiger partial charge < -0.3 is 4.90 Å². The molecular formula is C21H24N2OS. The van der Waals surface area contributed by atoms with Gasteiger partial charge in [-0.2, -0.15) is 0 Å². The maximum atomic E-state index is 12.5. The van der Waals surface area contributed by atoms with E-state index in [2.05, 4.69) is 42.2 Å². The van der Waals surface area contributed by atoms with Crippen molar-refractivity contribution in [1.29, 1.82) is 0 Å². The van der Waals surface area contributed by atoms with Gasteiger partial charge in [-0.15, -0.1) is 11.3 Å². The molecule has 0 saturated heterocycles. The van der Waals surface area contributed by atoms with E-state index in [1.165, 1.54) is 10.3 Å². The Morgan fingerprint density at radius 1 is 1.12 bits per heavy atom. The van der Waals surface area contributed by atoms with Crippen molar-refractivity contribution in [3.8, 4) is 0 Å². The highest BCUT2D eigenvalue weighted by molar-refractivity contribution is 7.18. The van der Waals surface area contributed by atoms with Gasteiger partial charge in [-0.25, -0.2) is 4.98 Å². The lowest BCUT2D eigenvalue weighted by molar-refractivity contribution is -0.131. The number of thiazole rings is 1. The number of rotatable bonds is 7. The molecule has 1 atom stereocenters. The van der Waals surface area contributed by atoms with Crippen molar-refractivity contribution in [3.05, 3.63) is 65.2 Å². The fourth-order valence-corrected chi connectivity index (χ4v) is 3.91. The van der Waals surface area contributed by atoms with Gasteiger partial charge >= 0.3 is 0 Å². The number of carbonyl (C=O) groups excluding carboxylic acids is 1. The Kier molecular flexibility index (Phi) is 5.82. The van der Waals surface area contributed by atoms with Gasteiger partial charge in [0.05, 0.1) is 16.8 Å². The predicted octanol–water partition coefficient (Wildman–Crippen LogP) is 4.91. The summed E-state index contributed by atoms with van der Waals surface area (Å²) in [7, 11) is 1.87. The highest BCUT2D eigenvalue weighted by atomic mass is 32.1. The maximum Gasteiger partial charge on any atom is 0.222 e. The first-order chi connectivity index (χ1) is 12.1. The Balaban J connectivity index is 1.49. The number of para-hydroxylation sites is 1.